The number of nitrogens with zero attached hydrogens (tertiary/aromatic N) is 1. The first-order chi connectivity index (χ1) is 8.72. The molecule has 5 nitrogen and oxygen atoms in total. The fraction of sp³-hybridized carbons (Fsp3) is 0.923. The van der Waals surface area contributed by atoms with Gasteiger partial charge in [-0.2, -0.15) is 0 Å². The Bertz CT molecular complexity index is 228. The molecule has 18 heavy (non-hydrogen) atoms. The fourth-order valence-electron chi connectivity index (χ4n) is 2.03. The molecule has 1 amide bonds. The molecule has 1 saturated heterocycles. The maximum atomic E-state index is 11.3. The first-order valence-corrected chi connectivity index (χ1v) is 6.97. The topological polar surface area (TPSA) is 61.8 Å². The average Bonchev–Trinajstić information content (AvgIpc) is 2.37. The van der Waals surface area contributed by atoms with Gasteiger partial charge in [-0.15, -0.1) is 0 Å². The van der Waals surface area contributed by atoms with Gasteiger partial charge in [0.15, 0.2) is 0 Å². The number of amides is 1. The molecule has 2 N–H and O–H groups in total. The van der Waals surface area contributed by atoms with E-state index in [2.05, 4.69) is 10.2 Å². The molecule has 5 heteroatoms. The Morgan fingerprint density at radius 2 is 2.17 bits per heavy atom. The minimum Gasteiger partial charge on any atom is -0.393 e. The van der Waals surface area contributed by atoms with Crippen molar-refractivity contribution in [1.29, 1.82) is 0 Å². The standard InChI is InChI=1S/C13H26N2O3/c1-2-10-18-11-13(17)14-6-3-7-15-8-4-12(16)5-9-15/h12,16H,2-11H2,1H3,(H,14,17). The summed E-state index contributed by atoms with van der Waals surface area (Å²) in [6.07, 6.45) is 3.52. The number of likely N-dealkylation sites (tertiary alicyclic amines) is 1. The number of rotatable bonds is 8. The van der Waals surface area contributed by atoms with Gasteiger partial charge in [0.05, 0.1) is 6.10 Å². The van der Waals surface area contributed by atoms with Crippen LogP contribution in [0, 0.1) is 0 Å². The van der Waals surface area contributed by atoms with Crippen LogP contribution in [0.3, 0.4) is 0 Å². The van der Waals surface area contributed by atoms with Crippen LogP contribution in [0.25, 0.3) is 0 Å². The van der Waals surface area contributed by atoms with E-state index in [9.17, 15) is 9.90 Å². The van der Waals surface area contributed by atoms with Gasteiger partial charge >= 0.3 is 0 Å². The largest absolute Gasteiger partial charge is 0.393 e. The number of nitrogens with one attached hydrogen (secondary N) is 1. The molecule has 1 aliphatic rings. The van der Waals surface area contributed by atoms with Gasteiger partial charge in [0.25, 0.3) is 0 Å². The Morgan fingerprint density at radius 3 is 2.83 bits per heavy atom. The van der Waals surface area contributed by atoms with Crippen molar-refractivity contribution in [2.75, 3.05) is 39.4 Å². The zero-order valence-electron chi connectivity index (χ0n) is 11.4. The number of hydrogen-bond donors (Lipinski definition) is 2. The predicted octanol–water partition coefficient (Wildman–Crippen LogP) is 0.376. The van der Waals surface area contributed by atoms with E-state index < -0.39 is 0 Å². The Labute approximate surface area is 109 Å². The van der Waals surface area contributed by atoms with Crippen LogP contribution < -0.4 is 5.32 Å². The van der Waals surface area contributed by atoms with Crippen LogP contribution in [0.4, 0.5) is 0 Å². The van der Waals surface area contributed by atoms with Crippen molar-refractivity contribution in [1.82, 2.24) is 10.2 Å². The number of carbonyl (C=O) groups is 1. The van der Waals surface area contributed by atoms with E-state index in [1.54, 1.807) is 0 Å². The lowest BCUT2D eigenvalue weighted by Crippen LogP contribution is -2.38. The number of carbonyl (C=O) groups excluding carboxylic acids is 1. The van der Waals surface area contributed by atoms with E-state index >= 15 is 0 Å². The highest BCUT2D eigenvalue weighted by Gasteiger charge is 2.15. The second kappa shape index (κ2) is 9.30. The molecule has 0 atom stereocenters. The molecular formula is C13H26N2O3. The van der Waals surface area contributed by atoms with Crippen LogP contribution in [0.2, 0.25) is 0 Å². The average molecular weight is 258 g/mol. The van der Waals surface area contributed by atoms with E-state index in [1.807, 2.05) is 6.92 Å². The third-order valence-electron chi connectivity index (χ3n) is 3.11. The summed E-state index contributed by atoms with van der Waals surface area (Å²) < 4.78 is 5.15. The molecule has 0 aromatic rings. The monoisotopic (exact) mass is 258 g/mol. The zero-order valence-corrected chi connectivity index (χ0v) is 11.4. The first kappa shape index (κ1) is 15.4. The highest BCUT2D eigenvalue weighted by atomic mass is 16.5. The lowest BCUT2D eigenvalue weighted by molar-refractivity contribution is -0.125. The second-order valence-electron chi connectivity index (χ2n) is 4.83. The molecule has 106 valence electrons. The van der Waals surface area contributed by atoms with E-state index in [0.29, 0.717) is 13.2 Å². The van der Waals surface area contributed by atoms with E-state index in [0.717, 1.165) is 45.3 Å². The summed E-state index contributed by atoms with van der Waals surface area (Å²) in [6, 6.07) is 0. The molecule has 0 aromatic carbocycles. The maximum Gasteiger partial charge on any atom is 0.245 e. The molecule has 0 bridgehead atoms. The third-order valence-corrected chi connectivity index (χ3v) is 3.11. The van der Waals surface area contributed by atoms with Crippen molar-refractivity contribution in [3.8, 4) is 0 Å². The number of ether oxygens (including phenoxy) is 1. The molecule has 0 aromatic heterocycles. The fourth-order valence-corrected chi connectivity index (χ4v) is 2.03. The van der Waals surface area contributed by atoms with Gasteiger partial charge in [-0.1, -0.05) is 6.92 Å². The number of aliphatic hydroxyl groups is 1. The molecule has 1 aliphatic heterocycles. The van der Waals surface area contributed by atoms with Gasteiger partial charge < -0.3 is 20.1 Å². The highest BCUT2D eigenvalue weighted by Crippen LogP contribution is 2.09. The summed E-state index contributed by atoms with van der Waals surface area (Å²) in [5, 5.41) is 12.2. The molecule has 1 fully saturated rings. The Balaban J connectivity index is 1.93. The predicted molar refractivity (Wildman–Crippen MR) is 70.4 cm³/mol. The lowest BCUT2D eigenvalue weighted by atomic mass is 10.1. The van der Waals surface area contributed by atoms with Gasteiger partial charge in [-0.05, 0) is 32.2 Å². The molecule has 0 radical (unpaired) electrons. The normalized spacial score (nSPS) is 17.9. The van der Waals surface area contributed by atoms with E-state index in [-0.39, 0.29) is 18.6 Å². The van der Waals surface area contributed by atoms with E-state index in [4.69, 9.17) is 4.74 Å². The van der Waals surface area contributed by atoms with Crippen molar-refractivity contribution in [2.24, 2.45) is 0 Å². The zero-order chi connectivity index (χ0) is 13.2. The van der Waals surface area contributed by atoms with Gasteiger partial charge in [-0.3, -0.25) is 4.79 Å². The van der Waals surface area contributed by atoms with Crippen LogP contribution in [0.1, 0.15) is 32.6 Å². The summed E-state index contributed by atoms with van der Waals surface area (Å²) in [6.45, 7) is 6.46. The van der Waals surface area contributed by atoms with Gasteiger partial charge in [0.1, 0.15) is 6.61 Å². The molecule has 1 heterocycles. The number of piperidine rings is 1. The van der Waals surface area contributed by atoms with Gasteiger partial charge in [0, 0.05) is 26.2 Å². The molecule has 0 saturated carbocycles. The summed E-state index contributed by atoms with van der Waals surface area (Å²) in [7, 11) is 0. The van der Waals surface area contributed by atoms with Crippen LogP contribution in [-0.4, -0.2) is 61.4 Å². The summed E-state index contributed by atoms with van der Waals surface area (Å²) in [4.78, 5) is 13.7. The second-order valence-corrected chi connectivity index (χ2v) is 4.83. The minimum absolute atomic E-state index is 0.0301. The van der Waals surface area contributed by atoms with Crippen molar-refractivity contribution in [3.05, 3.63) is 0 Å². The molecule has 0 spiro atoms. The Morgan fingerprint density at radius 1 is 1.44 bits per heavy atom. The van der Waals surface area contributed by atoms with E-state index in [1.165, 1.54) is 0 Å². The van der Waals surface area contributed by atoms with Gasteiger partial charge in [-0.25, -0.2) is 0 Å². The molecule has 0 aliphatic carbocycles. The quantitative estimate of drug-likeness (QED) is 0.618. The van der Waals surface area contributed by atoms with Crippen LogP contribution in [0.15, 0.2) is 0 Å². The smallest absolute Gasteiger partial charge is 0.245 e. The van der Waals surface area contributed by atoms with Crippen LogP contribution in [0.5, 0.6) is 0 Å². The summed E-state index contributed by atoms with van der Waals surface area (Å²) >= 11 is 0. The molecule has 0 unspecified atom stereocenters. The Hall–Kier alpha value is -0.650. The Kier molecular flexibility index (Phi) is 7.96. The molecular weight excluding hydrogens is 232 g/mol. The van der Waals surface area contributed by atoms with Crippen LogP contribution in [-0.2, 0) is 9.53 Å². The maximum absolute atomic E-state index is 11.3. The van der Waals surface area contributed by atoms with Crippen molar-refractivity contribution >= 4 is 5.91 Å². The summed E-state index contributed by atoms with van der Waals surface area (Å²) in [5.41, 5.74) is 0. The SMILES string of the molecule is CCCOCC(=O)NCCCN1CCC(O)CC1. The van der Waals surface area contributed by atoms with Crippen molar-refractivity contribution in [3.63, 3.8) is 0 Å². The highest BCUT2D eigenvalue weighted by molar-refractivity contribution is 5.77. The molecule has 1 rings (SSSR count). The number of aliphatic hydroxyl groups excluding tert-OH is 1. The number of hydrogen-bond acceptors (Lipinski definition) is 4. The first-order valence-electron chi connectivity index (χ1n) is 6.97. The minimum atomic E-state index is -0.114. The van der Waals surface area contributed by atoms with Crippen molar-refractivity contribution < 1.29 is 14.6 Å². The van der Waals surface area contributed by atoms with Crippen LogP contribution >= 0.6 is 0 Å². The van der Waals surface area contributed by atoms with Gasteiger partial charge in [0.2, 0.25) is 5.91 Å². The summed E-state index contributed by atoms with van der Waals surface area (Å²) in [5.74, 6) is -0.0301. The van der Waals surface area contributed by atoms with Crippen molar-refractivity contribution in [2.45, 2.75) is 38.7 Å². The third kappa shape index (κ3) is 6.93. The lowest BCUT2D eigenvalue weighted by Gasteiger charge is -2.29.